The van der Waals surface area contributed by atoms with Gasteiger partial charge in [-0.1, -0.05) is 18.2 Å². The first-order chi connectivity index (χ1) is 9.28. The van der Waals surface area contributed by atoms with E-state index in [1.54, 1.807) is 0 Å². The van der Waals surface area contributed by atoms with Gasteiger partial charge in [0.25, 0.3) is 0 Å². The van der Waals surface area contributed by atoms with Crippen LogP contribution in [0.4, 0.5) is 5.69 Å². The number of benzene rings is 2. The highest BCUT2D eigenvalue weighted by Crippen LogP contribution is 2.28. The Balaban J connectivity index is 1.99. The van der Waals surface area contributed by atoms with Gasteiger partial charge in [-0.05, 0) is 55.2 Å². The fraction of sp³-hybridized carbons (Fsp3) is 0.353. The Morgan fingerprint density at radius 2 is 1.89 bits per heavy atom. The molecule has 2 nitrogen and oxygen atoms in total. The topological polar surface area (TPSA) is 20.3 Å². The van der Waals surface area contributed by atoms with Crippen LogP contribution in [0.1, 0.15) is 36.5 Å². The van der Waals surface area contributed by atoms with E-state index in [-0.39, 0.29) is 0 Å². The maximum atomic E-state index is 10.8. The van der Waals surface area contributed by atoms with Crippen LogP contribution >= 0.6 is 0 Å². The Hall–Kier alpha value is -1.83. The van der Waals surface area contributed by atoms with E-state index < -0.39 is 0 Å². The van der Waals surface area contributed by atoms with E-state index in [1.807, 2.05) is 18.2 Å². The third-order valence-electron chi connectivity index (χ3n) is 4.12. The third kappa shape index (κ3) is 2.35. The van der Waals surface area contributed by atoms with Crippen LogP contribution < -0.4 is 4.90 Å². The van der Waals surface area contributed by atoms with E-state index in [0.29, 0.717) is 6.04 Å². The molecule has 2 aromatic rings. The van der Waals surface area contributed by atoms with Crippen LogP contribution in [0.2, 0.25) is 0 Å². The summed E-state index contributed by atoms with van der Waals surface area (Å²) in [5.41, 5.74) is 2.05. The van der Waals surface area contributed by atoms with Gasteiger partial charge >= 0.3 is 0 Å². The number of hydrogen-bond acceptors (Lipinski definition) is 2. The summed E-state index contributed by atoms with van der Waals surface area (Å²) in [4.78, 5) is 13.3. The third-order valence-corrected chi connectivity index (χ3v) is 4.12. The van der Waals surface area contributed by atoms with Gasteiger partial charge in [-0.15, -0.1) is 0 Å². The van der Waals surface area contributed by atoms with E-state index in [0.717, 1.165) is 23.8 Å². The normalized spacial score (nSPS) is 19.6. The maximum Gasteiger partial charge on any atom is 0.150 e. The molecule has 0 N–H and O–H groups in total. The Kier molecular flexibility index (Phi) is 3.24. The molecule has 0 bridgehead atoms. The highest BCUT2D eigenvalue weighted by Gasteiger charge is 2.18. The summed E-state index contributed by atoms with van der Waals surface area (Å²) in [5.74, 6) is 0. The standard InChI is InChI=1S/C17H19NO/c1-13-4-2-3-9-18(13)17-8-7-15-10-14(12-19)5-6-16(15)11-17/h5-8,10-13H,2-4,9H2,1H3. The van der Waals surface area contributed by atoms with E-state index in [4.69, 9.17) is 0 Å². The lowest BCUT2D eigenvalue weighted by Gasteiger charge is -2.35. The van der Waals surface area contributed by atoms with Gasteiger partial charge < -0.3 is 4.90 Å². The second kappa shape index (κ2) is 5.04. The first kappa shape index (κ1) is 12.2. The number of anilines is 1. The molecule has 0 amide bonds. The summed E-state index contributed by atoms with van der Waals surface area (Å²) in [6.45, 7) is 3.46. The number of nitrogens with zero attached hydrogens (tertiary/aromatic N) is 1. The van der Waals surface area contributed by atoms with Crippen molar-refractivity contribution in [2.45, 2.75) is 32.2 Å². The van der Waals surface area contributed by atoms with Crippen LogP contribution in [0.15, 0.2) is 36.4 Å². The number of aldehydes is 1. The summed E-state index contributed by atoms with van der Waals surface area (Å²) in [6, 6.07) is 13.0. The number of hydrogen-bond donors (Lipinski definition) is 0. The highest BCUT2D eigenvalue weighted by molar-refractivity contribution is 5.91. The molecule has 2 aromatic carbocycles. The van der Waals surface area contributed by atoms with Gasteiger partial charge in [0.1, 0.15) is 6.29 Å². The first-order valence-corrected chi connectivity index (χ1v) is 7.03. The molecule has 1 heterocycles. The quantitative estimate of drug-likeness (QED) is 0.753. The lowest BCUT2D eigenvalue weighted by molar-refractivity contribution is 0.112. The van der Waals surface area contributed by atoms with Gasteiger partial charge in [0.05, 0.1) is 0 Å². The van der Waals surface area contributed by atoms with E-state index in [1.165, 1.54) is 30.3 Å². The largest absolute Gasteiger partial charge is 0.369 e. The molecule has 3 rings (SSSR count). The molecule has 1 saturated heterocycles. The Bertz CT molecular complexity index is 605. The summed E-state index contributed by atoms with van der Waals surface area (Å²) >= 11 is 0. The molecule has 1 aliphatic heterocycles. The lowest BCUT2D eigenvalue weighted by atomic mass is 10.0. The minimum Gasteiger partial charge on any atom is -0.369 e. The maximum absolute atomic E-state index is 10.8. The van der Waals surface area contributed by atoms with Crippen molar-refractivity contribution in [1.29, 1.82) is 0 Å². The van der Waals surface area contributed by atoms with Crippen molar-refractivity contribution in [3.63, 3.8) is 0 Å². The van der Waals surface area contributed by atoms with Crippen molar-refractivity contribution >= 4 is 22.7 Å². The molecule has 2 heteroatoms. The Morgan fingerprint density at radius 3 is 2.68 bits per heavy atom. The molecule has 0 aliphatic carbocycles. The number of fused-ring (bicyclic) bond motifs is 1. The second-order valence-electron chi connectivity index (χ2n) is 5.45. The van der Waals surface area contributed by atoms with Crippen LogP contribution in [-0.4, -0.2) is 18.9 Å². The zero-order valence-corrected chi connectivity index (χ0v) is 11.3. The zero-order valence-electron chi connectivity index (χ0n) is 11.3. The number of rotatable bonds is 2. The zero-order chi connectivity index (χ0) is 13.2. The summed E-state index contributed by atoms with van der Waals surface area (Å²) in [5, 5.41) is 2.35. The SMILES string of the molecule is CC1CCCCN1c1ccc2cc(C=O)ccc2c1. The molecule has 0 radical (unpaired) electrons. The molecular weight excluding hydrogens is 234 g/mol. The molecule has 19 heavy (non-hydrogen) atoms. The predicted molar refractivity (Wildman–Crippen MR) is 80.0 cm³/mol. The van der Waals surface area contributed by atoms with Gasteiger partial charge in [-0.25, -0.2) is 0 Å². The number of carbonyl (C=O) groups excluding carboxylic acids is 1. The number of piperidine rings is 1. The number of carbonyl (C=O) groups is 1. The van der Waals surface area contributed by atoms with Gasteiger partial charge in [0.15, 0.2) is 0 Å². The average molecular weight is 253 g/mol. The van der Waals surface area contributed by atoms with Gasteiger partial charge in [0, 0.05) is 23.8 Å². The van der Waals surface area contributed by atoms with E-state index in [2.05, 4.69) is 30.0 Å². The molecule has 0 spiro atoms. The van der Waals surface area contributed by atoms with Crippen molar-refractivity contribution in [2.24, 2.45) is 0 Å². The molecule has 1 aliphatic rings. The van der Waals surface area contributed by atoms with Crippen LogP contribution in [0.3, 0.4) is 0 Å². The van der Waals surface area contributed by atoms with Crippen molar-refractivity contribution in [2.75, 3.05) is 11.4 Å². The first-order valence-electron chi connectivity index (χ1n) is 7.03. The van der Waals surface area contributed by atoms with Crippen LogP contribution in [0.25, 0.3) is 10.8 Å². The molecule has 98 valence electrons. The van der Waals surface area contributed by atoms with Crippen molar-refractivity contribution in [3.05, 3.63) is 42.0 Å². The van der Waals surface area contributed by atoms with Gasteiger partial charge in [-0.2, -0.15) is 0 Å². The van der Waals surface area contributed by atoms with Crippen LogP contribution in [0.5, 0.6) is 0 Å². The summed E-state index contributed by atoms with van der Waals surface area (Å²) < 4.78 is 0. The smallest absolute Gasteiger partial charge is 0.150 e. The fourth-order valence-electron chi connectivity index (χ4n) is 2.99. The minimum atomic E-state index is 0.625. The van der Waals surface area contributed by atoms with Crippen molar-refractivity contribution < 1.29 is 4.79 Å². The molecule has 1 unspecified atom stereocenters. The lowest BCUT2D eigenvalue weighted by Crippen LogP contribution is -2.37. The van der Waals surface area contributed by atoms with Crippen molar-refractivity contribution in [3.8, 4) is 0 Å². The molecular formula is C17H19NO. The van der Waals surface area contributed by atoms with Crippen LogP contribution in [0, 0.1) is 0 Å². The molecule has 0 saturated carbocycles. The predicted octanol–water partition coefficient (Wildman–Crippen LogP) is 4.03. The summed E-state index contributed by atoms with van der Waals surface area (Å²) in [6.07, 6.45) is 4.81. The van der Waals surface area contributed by atoms with Crippen molar-refractivity contribution in [1.82, 2.24) is 0 Å². The Labute approximate surface area is 114 Å². The minimum absolute atomic E-state index is 0.625. The average Bonchev–Trinajstić information content (AvgIpc) is 2.46. The Morgan fingerprint density at radius 1 is 1.11 bits per heavy atom. The van der Waals surface area contributed by atoms with Gasteiger partial charge in [0.2, 0.25) is 0 Å². The van der Waals surface area contributed by atoms with E-state index in [9.17, 15) is 4.79 Å². The monoisotopic (exact) mass is 253 g/mol. The highest BCUT2D eigenvalue weighted by atomic mass is 16.1. The summed E-state index contributed by atoms with van der Waals surface area (Å²) in [7, 11) is 0. The van der Waals surface area contributed by atoms with E-state index >= 15 is 0 Å². The molecule has 0 aromatic heterocycles. The van der Waals surface area contributed by atoms with Gasteiger partial charge in [-0.3, -0.25) is 4.79 Å². The van der Waals surface area contributed by atoms with Crippen LogP contribution in [-0.2, 0) is 0 Å². The second-order valence-corrected chi connectivity index (χ2v) is 5.45. The molecule has 1 atom stereocenters. The fourth-order valence-corrected chi connectivity index (χ4v) is 2.99. The molecule has 1 fully saturated rings.